The van der Waals surface area contributed by atoms with Crippen LogP contribution >= 0.6 is 0 Å². The van der Waals surface area contributed by atoms with Crippen LogP contribution in [0.2, 0.25) is 0 Å². The van der Waals surface area contributed by atoms with E-state index in [0.717, 1.165) is 25.7 Å². The number of halogens is 2. The molecule has 0 radical (unpaired) electrons. The van der Waals surface area contributed by atoms with Gasteiger partial charge in [0.15, 0.2) is 0 Å². The minimum absolute atomic E-state index is 0. The first kappa shape index (κ1) is 59.3. The zero-order chi connectivity index (χ0) is 49.7. The summed E-state index contributed by atoms with van der Waals surface area (Å²) >= 11 is 3.29. The number of hydrogen-bond donors (Lipinski definition) is 0. The molecule has 8 aromatic rings. The second kappa shape index (κ2) is 34.9. The first-order chi connectivity index (χ1) is 35.6. The van der Waals surface area contributed by atoms with Crippen molar-refractivity contribution in [1.82, 2.24) is 0 Å². The molecule has 0 heterocycles. The monoisotopic (exact) mass is 1180 g/mol. The van der Waals surface area contributed by atoms with Gasteiger partial charge < -0.3 is 24.8 Å². The average molecular weight is 1180 g/mol. The molecular formula is C68H56Cl2Si2Zr2-2. The Balaban J connectivity index is 0.000000164. The Labute approximate surface area is 484 Å². The quantitative estimate of drug-likeness (QED) is 0.107. The molecule has 0 nitrogen and oxygen atoms in total. The SMILES string of the molecule is [C-]1=CC(c2ccccc2)=CC1.[C-]1=CC(c2ccccc2)=CC1.[C-]1=CC(c2ccccc2)=CC1.[C-]1=CC(c2ccccc2)=CC1.[Cl-].[Cl-].[Zr+2]=[Si](c1ccccc1)c1ccccc1.[Zr+2]=[Si](c1ccccc1)c1ccccc1. The Kier molecular flexibility index (Phi) is 27.9. The molecule has 0 fully saturated rings. The molecule has 0 atom stereocenters. The van der Waals surface area contributed by atoms with E-state index < -0.39 is 10.9 Å². The van der Waals surface area contributed by atoms with E-state index in [9.17, 15) is 0 Å². The zero-order valence-electron chi connectivity index (χ0n) is 41.3. The molecule has 0 bridgehead atoms. The van der Waals surface area contributed by atoms with E-state index >= 15 is 0 Å². The van der Waals surface area contributed by atoms with Gasteiger partial charge in [-0.1, -0.05) is 121 Å². The molecule has 0 aliphatic heterocycles. The Morgan fingerprint density at radius 3 is 0.554 bits per heavy atom. The molecule has 0 saturated carbocycles. The number of benzene rings is 8. The summed E-state index contributed by atoms with van der Waals surface area (Å²) in [5, 5.41) is 6.06. The van der Waals surface area contributed by atoms with E-state index in [1.165, 1.54) is 65.3 Å². The van der Waals surface area contributed by atoms with E-state index in [1.54, 1.807) is 46.7 Å². The van der Waals surface area contributed by atoms with Crippen LogP contribution in [-0.2, 0) is 46.7 Å². The van der Waals surface area contributed by atoms with E-state index in [4.69, 9.17) is 0 Å². The van der Waals surface area contributed by atoms with Crippen LogP contribution in [0.4, 0.5) is 0 Å². The predicted molar refractivity (Wildman–Crippen MR) is 303 cm³/mol. The van der Waals surface area contributed by atoms with E-state index in [0.29, 0.717) is 0 Å². The number of allylic oxidation sites excluding steroid dienone is 16. The van der Waals surface area contributed by atoms with Crippen molar-refractivity contribution < 1.29 is 71.5 Å². The summed E-state index contributed by atoms with van der Waals surface area (Å²) < 4.78 is 0. The topological polar surface area (TPSA) is 0 Å². The summed E-state index contributed by atoms with van der Waals surface area (Å²) in [4.78, 5) is 0. The summed E-state index contributed by atoms with van der Waals surface area (Å²) in [5.41, 5.74) is 9.44. The molecule has 4 aliphatic carbocycles. The van der Waals surface area contributed by atoms with Gasteiger partial charge in [0.2, 0.25) is 0 Å². The van der Waals surface area contributed by atoms with Gasteiger partial charge in [-0.2, -0.15) is 46.6 Å². The maximum absolute atomic E-state index is 3.15. The Morgan fingerprint density at radius 2 is 0.405 bits per heavy atom. The number of hydrogen-bond acceptors (Lipinski definition) is 0. The standard InChI is InChI=1S/2C12H10Si.4C11H9.2ClH.2Zr/c2*1-3-7-11(8-4-1)13-12-9-5-2-6-10-12;4*1-2-6-10(7-3-1)11-8-4-5-9-11;;;;/h2*1-10H;4*1-3,6-9H,4H2;2*1H;;/q;;4*-1;;;2*+2/p-2. The Morgan fingerprint density at radius 1 is 0.243 bits per heavy atom. The van der Waals surface area contributed by atoms with Gasteiger partial charge in [-0.15, -0.1) is 47.9 Å². The molecule has 6 heteroatoms. The van der Waals surface area contributed by atoms with Crippen molar-refractivity contribution in [2.45, 2.75) is 25.7 Å². The van der Waals surface area contributed by atoms with Crippen molar-refractivity contribution in [3.63, 3.8) is 0 Å². The predicted octanol–water partition coefficient (Wildman–Crippen LogP) is 8.02. The summed E-state index contributed by atoms with van der Waals surface area (Å²) in [6.07, 6.45) is 33.4. The summed E-state index contributed by atoms with van der Waals surface area (Å²) in [5.74, 6) is 0. The second-order valence-corrected chi connectivity index (χ2v) is 27.7. The van der Waals surface area contributed by atoms with Crippen LogP contribution in [0, 0.1) is 24.3 Å². The molecule has 12 rings (SSSR count). The number of rotatable bonds is 8. The molecule has 74 heavy (non-hydrogen) atoms. The third kappa shape index (κ3) is 20.3. The maximum atomic E-state index is 3.15. The van der Waals surface area contributed by atoms with Crippen molar-refractivity contribution in [2.75, 3.05) is 0 Å². The van der Waals surface area contributed by atoms with Crippen LogP contribution in [0.25, 0.3) is 22.3 Å². The van der Waals surface area contributed by atoms with Gasteiger partial charge in [0.1, 0.15) is 0 Å². The summed E-state index contributed by atoms with van der Waals surface area (Å²) in [6, 6.07) is 84.9. The molecule has 0 saturated heterocycles. The molecule has 360 valence electrons. The Hall–Kier alpha value is -5.54. The van der Waals surface area contributed by atoms with Crippen LogP contribution in [0.1, 0.15) is 47.9 Å². The fourth-order valence-electron chi connectivity index (χ4n) is 7.67. The van der Waals surface area contributed by atoms with Crippen molar-refractivity contribution in [2.24, 2.45) is 0 Å². The third-order valence-electron chi connectivity index (χ3n) is 11.5. The molecule has 0 aromatic heterocycles. The average Bonchev–Trinajstić information content (AvgIpc) is 4.36. The third-order valence-corrected chi connectivity index (χ3v) is 23.6. The fraction of sp³-hybridized carbons (Fsp3) is 0.0588. The van der Waals surface area contributed by atoms with Gasteiger partial charge in [-0.3, -0.25) is 24.3 Å². The minimum atomic E-state index is -0.455. The molecule has 0 amide bonds. The van der Waals surface area contributed by atoms with Crippen LogP contribution in [0.15, 0.2) is 291 Å². The first-order valence-electron chi connectivity index (χ1n) is 24.3. The molecule has 4 aliphatic rings. The molecule has 0 spiro atoms. The Bertz CT molecular complexity index is 2720. The van der Waals surface area contributed by atoms with Crippen molar-refractivity contribution >= 4 is 53.9 Å². The van der Waals surface area contributed by atoms with Gasteiger partial charge in [0.25, 0.3) is 0 Å². The van der Waals surface area contributed by atoms with Crippen LogP contribution < -0.4 is 45.6 Å². The van der Waals surface area contributed by atoms with Crippen LogP contribution in [0.3, 0.4) is 0 Å². The van der Waals surface area contributed by atoms with Crippen molar-refractivity contribution in [3.8, 4) is 0 Å². The van der Waals surface area contributed by atoms with Gasteiger partial charge in [0, 0.05) is 0 Å². The molecular weight excluding hydrogens is 1130 g/mol. The van der Waals surface area contributed by atoms with E-state index in [-0.39, 0.29) is 24.8 Å². The van der Waals surface area contributed by atoms with Gasteiger partial charge in [-0.05, 0) is 0 Å². The van der Waals surface area contributed by atoms with Crippen LogP contribution in [0.5, 0.6) is 0 Å². The fourth-order valence-corrected chi connectivity index (χ4v) is 15.4. The first-order valence-corrected chi connectivity index (χ1v) is 34.7. The summed E-state index contributed by atoms with van der Waals surface area (Å²) in [7, 11) is 0. The van der Waals surface area contributed by atoms with Gasteiger partial charge in [-0.25, -0.2) is 24.3 Å². The summed E-state index contributed by atoms with van der Waals surface area (Å²) in [6.45, 7) is 0. The van der Waals surface area contributed by atoms with Crippen LogP contribution in [-0.4, -0.2) is 10.9 Å². The van der Waals surface area contributed by atoms with Gasteiger partial charge >= 0.3 is 200 Å². The van der Waals surface area contributed by atoms with E-state index in [2.05, 4.69) is 291 Å². The molecule has 0 N–H and O–H groups in total. The van der Waals surface area contributed by atoms with Crippen molar-refractivity contribution in [3.05, 3.63) is 338 Å². The van der Waals surface area contributed by atoms with E-state index in [1.807, 2.05) is 24.3 Å². The zero-order valence-corrected chi connectivity index (χ0v) is 49.7. The molecule has 8 aromatic carbocycles. The van der Waals surface area contributed by atoms with Crippen molar-refractivity contribution in [1.29, 1.82) is 0 Å². The normalized spacial score (nSPS) is 12.7. The molecule has 0 unspecified atom stereocenters. The van der Waals surface area contributed by atoms with Gasteiger partial charge in [0.05, 0.1) is 0 Å². The second-order valence-electron chi connectivity index (χ2n) is 16.5.